The third-order valence-electron chi connectivity index (χ3n) is 5.96. The third-order valence-corrected chi connectivity index (χ3v) is 5.96. The van der Waals surface area contributed by atoms with Crippen molar-refractivity contribution in [2.75, 3.05) is 26.1 Å². The molecule has 6 heteroatoms. The smallest absolute Gasteiger partial charge is 0.306 e. The molecule has 0 atom stereocenters. The van der Waals surface area contributed by atoms with E-state index >= 15 is 0 Å². The van der Waals surface area contributed by atoms with Crippen LogP contribution in [-0.2, 0) is 21.4 Å². The van der Waals surface area contributed by atoms with Gasteiger partial charge in [0.25, 0.3) is 0 Å². The van der Waals surface area contributed by atoms with Crippen LogP contribution in [0.1, 0.15) is 83.8 Å². The molecule has 192 valence electrons. The van der Waals surface area contributed by atoms with Crippen LogP contribution in [0.2, 0.25) is 0 Å². The van der Waals surface area contributed by atoms with Gasteiger partial charge >= 0.3 is 5.97 Å². The molecule has 0 aromatic heterocycles. The molecule has 2 rings (SSSR count). The minimum absolute atomic E-state index is 0.155. The summed E-state index contributed by atoms with van der Waals surface area (Å²) in [4.78, 5) is 12.3. The number of nitrogens with one attached hydrogen (secondary N) is 1. The molecule has 0 radical (unpaired) electrons. The Morgan fingerprint density at radius 1 is 0.971 bits per heavy atom. The summed E-state index contributed by atoms with van der Waals surface area (Å²) in [5, 5.41) is 12.2. The van der Waals surface area contributed by atoms with Crippen LogP contribution in [0.4, 0.5) is 17.1 Å². The number of benzene rings is 2. The summed E-state index contributed by atoms with van der Waals surface area (Å²) in [6.07, 6.45) is 7.96. The molecule has 0 aliphatic rings. The predicted octanol–water partition coefficient (Wildman–Crippen LogP) is 8.29. The quantitative estimate of drug-likeness (QED) is 0.167. The maximum absolute atomic E-state index is 12.3. The lowest BCUT2D eigenvalue weighted by molar-refractivity contribution is -0.143. The highest BCUT2D eigenvalue weighted by atomic mass is 16.5. The van der Waals surface area contributed by atoms with Crippen molar-refractivity contribution < 1.29 is 14.3 Å². The highest BCUT2D eigenvalue weighted by molar-refractivity contribution is 5.70. The Morgan fingerprint density at radius 2 is 1.66 bits per heavy atom. The number of hydrogen-bond acceptors (Lipinski definition) is 6. The summed E-state index contributed by atoms with van der Waals surface area (Å²) in [5.74, 6) is 0.551. The Kier molecular flexibility index (Phi) is 11.7. The number of methoxy groups -OCH3 is 1. The Balaban J connectivity index is 2.12. The zero-order valence-corrected chi connectivity index (χ0v) is 22.4. The summed E-state index contributed by atoms with van der Waals surface area (Å²) in [5.41, 5.74) is 4.19. The van der Waals surface area contributed by atoms with Crippen LogP contribution < -0.4 is 10.1 Å². The number of para-hydroxylation sites is 1. The second-order valence-electron chi connectivity index (χ2n) is 9.90. The average molecular weight is 482 g/mol. The number of carbonyl (C=O) groups is 1. The van der Waals surface area contributed by atoms with E-state index in [9.17, 15) is 4.79 Å². The van der Waals surface area contributed by atoms with Gasteiger partial charge in [-0.2, -0.15) is 0 Å². The summed E-state index contributed by atoms with van der Waals surface area (Å²) in [6, 6.07) is 11.8. The summed E-state index contributed by atoms with van der Waals surface area (Å²) >= 11 is 0. The van der Waals surface area contributed by atoms with Gasteiger partial charge in [-0.05, 0) is 42.0 Å². The van der Waals surface area contributed by atoms with Gasteiger partial charge in [-0.1, -0.05) is 78.0 Å². The largest absolute Gasteiger partial charge is 0.494 e. The second kappa shape index (κ2) is 14.5. The summed E-state index contributed by atoms with van der Waals surface area (Å²) in [7, 11) is 3.52. The van der Waals surface area contributed by atoms with Crippen molar-refractivity contribution >= 4 is 23.0 Å². The van der Waals surface area contributed by atoms with Crippen molar-refractivity contribution in [3.63, 3.8) is 0 Å². The van der Waals surface area contributed by atoms with Crippen molar-refractivity contribution in [2.45, 2.75) is 84.5 Å². The molecule has 0 bridgehead atoms. The van der Waals surface area contributed by atoms with Crippen LogP contribution in [-0.4, -0.2) is 26.7 Å². The van der Waals surface area contributed by atoms with Gasteiger partial charge < -0.3 is 14.8 Å². The molecule has 2 aromatic rings. The standard InChI is InChI=1S/C29H43N3O3/c1-7-8-9-10-11-14-19-35-27(33)18-17-22-20-23(29(2,3)4)28(34-6)26(21-22)32-31-25-16-13-12-15-24(25)30-5/h12-13,15-16,20-21,30H,7-11,14,17-19H2,1-6H3. The highest BCUT2D eigenvalue weighted by Gasteiger charge is 2.23. The molecule has 0 heterocycles. The van der Waals surface area contributed by atoms with Crippen LogP contribution in [0.15, 0.2) is 46.6 Å². The number of unbranched alkanes of at least 4 members (excludes halogenated alkanes) is 5. The molecule has 0 amide bonds. The van der Waals surface area contributed by atoms with E-state index in [0.29, 0.717) is 30.9 Å². The van der Waals surface area contributed by atoms with E-state index in [2.05, 4.69) is 49.3 Å². The van der Waals surface area contributed by atoms with Crippen LogP contribution in [0, 0.1) is 0 Å². The lowest BCUT2D eigenvalue weighted by atomic mass is 9.84. The van der Waals surface area contributed by atoms with Gasteiger partial charge in [0.1, 0.15) is 17.1 Å². The molecule has 0 fully saturated rings. The number of aryl methyl sites for hydroxylation is 1. The Hall–Kier alpha value is -2.89. The average Bonchev–Trinajstić information content (AvgIpc) is 2.84. The van der Waals surface area contributed by atoms with Gasteiger partial charge in [0.15, 0.2) is 0 Å². The van der Waals surface area contributed by atoms with Gasteiger partial charge in [-0.3, -0.25) is 4.79 Å². The minimum Gasteiger partial charge on any atom is -0.494 e. The van der Waals surface area contributed by atoms with Crippen molar-refractivity contribution in [3.05, 3.63) is 47.5 Å². The SMILES string of the molecule is CCCCCCCCOC(=O)CCc1cc(N=Nc2ccccc2NC)c(OC)c(C(C)(C)C)c1. The van der Waals surface area contributed by atoms with E-state index in [0.717, 1.165) is 35.3 Å². The maximum atomic E-state index is 12.3. The number of esters is 1. The van der Waals surface area contributed by atoms with Gasteiger partial charge in [0.2, 0.25) is 0 Å². The lowest BCUT2D eigenvalue weighted by Gasteiger charge is -2.24. The maximum Gasteiger partial charge on any atom is 0.306 e. The van der Waals surface area contributed by atoms with E-state index in [4.69, 9.17) is 9.47 Å². The molecule has 0 aliphatic heterocycles. The van der Waals surface area contributed by atoms with E-state index in [1.807, 2.05) is 37.4 Å². The molecule has 0 aliphatic carbocycles. The normalized spacial score (nSPS) is 11.6. The van der Waals surface area contributed by atoms with Gasteiger partial charge in [-0.25, -0.2) is 0 Å². The van der Waals surface area contributed by atoms with Crippen molar-refractivity contribution in [1.82, 2.24) is 0 Å². The van der Waals surface area contributed by atoms with Crippen LogP contribution in [0.3, 0.4) is 0 Å². The summed E-state index contributed by atoms with van der Waals surface area (Å²) < 4.78 is 11.2. The second-order valence-corrected chi connectivity index (χ2v) is 9.90. The fourth-order valence-corrected chi connectivity index (χ4v) is 3.93. The predicted molar refractivity (Wildman–Crippen MR) is 145 cm³/mol. The molecule has 0 spiro atoms. The number of carbonyl (C=O) groups excluding carboxylic acids is 1. The molecule has 35 heavy (non-hydrogen) atoms. The van der Waals surface area contributed by atoms with Gasteiger partial charge in [-0.15, -0.1) is 10.2 Å². The first-order valence-corrected chi connectivity index (χ1v) is 12.9. The molecular formula is C29H43N3O3. The topological polar surface area (TPSA) is 72.3 Å². The lowest BCUT2D eigenvalue weighted by Crippen LogP contribution is -2.14. The number of hydrogen-bond donors (Lipinski definition) is 1. The number of azo groups is 1. The Labute approximate surface area is 211 Å². The molecule has 0 saturated carbocycles. The first-order chi connectivity index (χ1) is 16.8. The van der Waals surface area contributed by atoms with Crippen molar-refractivity contribution in [3.8, 4) is 5.75 Å². The Morgan fingerprint density at radius 3 is 2.34 bits per heavy atom. The van der Waals surface area contributed by atoms with Crippen LogP contribution >= 0.6 is 0 Å². The van der Waals surface area contributed by atoms with E-state index in [-0.39, 0.29) is 11.4 Å². The summed E-state index contributed by atoms with van der Waals surface area (Å²) in [6.45, 7) is 9.14. The van der Waals surface area contributed by atoms with E-state index in [1.54, 1.807) is 7.11 Å². The highest BCUT2D eigenvalue weighted by Crippen LogP contribution is 2.41. The zero-order chi connectivity index (χ0) is 25.7. The molecular weight excluding hydrogens is 438 g/mol. The fraction of sp³-hybridized carbons (Fsp3) is 0.552. The fourth-order valence-electron chi connectivity index (χ4n) is 3.93. The minimum atomic E-state index is -0.160. The molecule has 1 N–H and O–H groups in total. The van der Waals surface area contributed by atoms with Crippen LogP contribution in [0.25, 0.3) is 0 Å². The van der Waals surface area contributed by atoms with E-state index < -0.39 is 0 Å². The third kappa shape index (κ3) is 9.35. The van der Waals surface area contributed by atoms with Crippen molar-refractivity contribution in [1.29, 1.82) is 0 Å². The Bertz CT molecular complexity index is 964. The van der Waals surface area contributed by atoms with Crippen molar-refractivity contribution in [2.24, 2.45) is 10.2 Å². The zero-order valence-electron chi connectivity index (χ0n) is 22.4. The van der Waals surface area contributed by atoms with Crippen LogP contribution in [0.5, 0.6) is 5.75 Å². The molecule has 2 aromatic carbocycles. The first-order valence-electron chi connectivity index (χ1n) is 12.9. The van der Waals surface area contributed by atoms with Gasteiger partial charge in [0.05, 0.1) is 19.4 Å². The molecule has 0 saturated heterocycles. The number of anilines is 1. The monoisotopic (exact) mass is 481 g/mol. The van der Waals surface area contributed by atoms with Gasteiger partial charge in [0, 0.05) is 19.0 Å². The van der Waals surface area contributed by atoms with E-state index in [1.165, 1.54) is 25.7 Å². The number of rotatable bonds is 14. The molecule has 6 nitrogen and oxygen atoms in total. The number of ether oxygens (including phenoxy) is 2. The molecule has 0 unspecified atom stereocenters. The number of nitrogens with zero attached hydrogens (tertiary/aromatic N) is 2. The first kappa shape index (κ1) is 28.3.